The monoisotopic (exact) mass is 277 g/mol. The maximum Gasteiger partial charge on any atom is 0.119 e. The smallest absolute Gasteiger partial charge is 0.119 e. The molecule has 0 aliphatic heterocycles. The van der Waals surface area contributed by atoms with Crippen LogP contribution >= 0.6 is 0 Å². The van der Waals surface area contributed by atoms with Gasteiger partial charge in [-0.1, -0.05) is 39.8 Å². The van der Waals surface area contributed by atoms with Crippen molar-refractivity contribution in [2.75, 3.05) is 19.7 Å². The Morgan fingerprint density at radius 2 is 1.70 bits per heavy atom. The van der Waals surface area contributed by atoms with Gasteiger partial charge in [0.05, 0.1) is 6.61 Å². The molecular formula is C18H31NO. The average molecular weight is 277 g/mol. The Morgan fingerprint density at radius 3 is 2.30 bits per heavy atom. The van der Waals surface area contributed by atoms with Crippen molar-refractivity contribution in [3.8, 4) is 5.75 Å². The number of ether oxygens (including phenoxy) is 1. The summed E-state index contributed by atoms with van der Waals surface area (Å²) in [4.78, 5) is 0. The molecule has 0 unspecified atom stereocenters. The lowest BCUT2D eigenvalue weighted by Gasteiger charge is -2.23. The van der Waals surface area contributed by atoms with Gasteiger partial charge >= 0.3 is 0 Å². The molecule has 2 heteroatoms. The highest BCUT2D eigenvalue weighted by molar-refractivity contribution is 5.31. The van der Waals surface area contributed by atoms with E-state index in [0.717, 1.165) is 38.3 Å². The summed E-state index contributed by atoms with van der Waals surface area (Å²) in [6.45, 7) is 12.0. The first-order chi connectivity index (χ1) is 9.60. The molecule has 0 bridgehead atoms. The summed E-state index contributed by atoms with van der Waals surface area (Å²) in [6, 6.07) is 8.60. The molecule has 1 aromatic rings. The molecule has 0 aliphatic carbocycles. The molecule has 1 aromatic carbocycles. The van der Waals surface area contributed by atoms with E-state index in [1.165, 1.54) is 18.4 Å². The first-order valence-electron chi connectivity index (χ1n) is 8.04. The van der Waals surface area contributed by atoms with E-state index in [-0.39, 0.29) is 5.41 Å². The molecule has 0 fully saturated rings. The molecule has 1 rings (SSSR count). The minimum absolute atomic E-state index is 0.255. The van der Waals surface area contributed by atoms with Crippen molar-refractivity contribution < 1.29 is 4.74 Å². The molecule has 20 heavy (non-hydrogen) atoms. The summed E-state index contributed by atoms with van der Waals surface area (Å²) in [5.74, 6) is 0.993. The van der Waals surface area contributed by atoms with Gasteiger partial charge in [0.1, 0.15) is 5.75 Å². The van der Waals surface area contributed by atoms with E-state index in [1.54, 1.807) is 0 Å². The molecule has 0 aliphatic rings. The molecule has 114 valence electrons. The van der Waals surface area contributed by atoms with Crippen LogP contribution in [0.3, 0.4) is 0 Å². The van der Waals surface area contributed by atoms with Crippen LogP contribution in [0.15, 0.2) is 24.3 Å². The Balaban J connectivity index is 2.25. The number of rotatable bonds is 10. The fourth-order valence-electron chi connectivity index (χ4n) is 2.10. The van der Waals surface area contributed by atoms with Crippen LogP contribution in [0.2, 0.25) is 0 Å². The zero-order chi connectivity index (χ0) is 14.8. The number of hydrogen-bond acceptors (Lipinski definition) is 2. The Kier molecular flexibility index (Phi) is 7.68. The van der Waals surface area contributed by atoms with Crippen LogP contribution in [0.4, 0.5) is 0 Å². The highest BCUT2D eigenvalue weighted by atomic mass is 16.5. The zero-order valence-corrected chi connectivity index (χ0v) is 13.7. The van der Waals surface area contributed by atoms with Crippen LogP contribution in [0.5, 0.6) is 5.75 Å². The molecule has 0 saturated carbocycles. The maximum atomic E-state index is 5.79. The Bertz CT molecular complexity index is 356. The topological polar surface area (TPSA) is 21.3 Å². The number of hydrogen-bond donors (Lipinski definition) is 1. The summed E-state index contributed by atoms with van der Waals surface area (Å²) >= 11 is 0. The maximum absolute atomic E-state index is 5.79. The van der Waals surface area contributed by atoms with E-state index in [9.17, 15) is 0 Å². The van der Waals surface area contributed by atoms with Gasteiger partial charge in [-0.25, -0.2) is 0 Å². The minimum Gasteiger partial charge on any atom is -0.494 e. The largest absolute Gasteiger partial charge is 0.494 e. The number of benzene rings is 1. The predicted octanol–water partition coefficient (Wildman–Crippen LogP) is 4.53. The Morgan fingerprint density at radius 1 is 1.00 bits per heavy atom. The van der Waals surface area contributed by atoms with E-state index >= 15 is 0 Å². The fraction of sp³-hybridized carbons (Fsp3) is 0.667. The molecule has 2 nitrogen and oxygen atoms in total. The molecule has 0 aromatic heterocycles. The van der Waals surface area contributed by atoms with Crippen molar-refractivity contribution >= 4 is 0 Å². The van der Waals surface area contributed by atoms with Gasteiger partial charge in [-0.2, -0.15) is 0 Å². The van der Waals surface area contributed by atoms with Crippen LogP contribution in [0, 0.1) is 0 Å². The summed E-state index contributed by atoms with van der Waals surface area (Å²) in [5.41, 5.74) is 1.64. The first-order valence-corrected chi connectivity index (χ1v) is 8.04. The van der Waals surface area contributed by atoms with Crippen molar-refractivity contribution in [1.29, 1.82) is 0 Å². The fourth-order valence-corrected chi connectivity index (χ4v) is 2.10. The second-order valence-electron chi connectivity index (χ2n) is 6.02. The van der Waals surface area contributed by atoms with Crippen LogP contribution in [0.25, 0.3) is 0 Å². The van der Waals surface area contributed by atoms with E-state index in [1.807, 2.05) is 0 Å². The third-order valence-corrected chi connectivity index (χ3v) is 4.04. The Labute approximate surface area is 124 Å². The van der Waals surface area contributed by atoms with Gasteiger partial charge in [0, 0.05) is 0 Å². The van der Waals surface area contributed by atoms with E-state index in [2.05, 4.69) is 57.3 Å². The molecule has 1 N–H and O–H groups in total. The summed E-state index contributed by atoms with van der Waals surface area (Å²) in [7, 11) is 0. The van der Waals surface area contributed by atoms with Crippen LogP contribution in [0.1, 0.15) is 58.9 Å². The van der Waals surface area contributed by atoms with Crippen molar-refractivity contribution in [2.24, 2.45) is 0 Å². The van der Waals surface area contributed by atoms with Crippen molar-refractivity contribution in [3.63, 3.8) is 0 Å². The predicted molar refractivity (Wildman–Crippen MR) is 87.6 cm³/mol. The van der Waals surface area contributed by atoms with Gasteiger partial charge in [-0.15, -0.1) is 0 Å². The third-order valence-electron chi connectivity index (χ3n) is 4.04. The lowest BCUT2D eigenvalue weighted by molar-refractivity contribution is 0.304. The van der Waals surface area contributed by atoms with Crippen molar-refractivity contribution in [3.05, 3.63) is 29.8 Å². The highest BCUT2D eigenvalue weighted by Gasteiger charge is 2.17. The molecule has 0 amide bonds. The minimum atomic E-state index is 0.255. The van der Waals surface area contributed by atoms with Gasteiger partial charge in [-0.05, 0) is 61.9 Å². The van der Waals surface area contributed by atoms with E-state index in [0.29, 0.717) is 0 Å². The molecule has 0 spiro atoms. The number of unbranched alkanes of at least 4 members (excludes halogenated alkanes) is 2. The lowest BCUT2D eigenvalue weighted by atomic mass is 9.82. The van der Waals surface area contributed by atoms with Gasteiger partial charge in [0.25, 0.3) is 0 Å². The molecule has 0 atom stereocenters. The van der Waals surface area contributed by atoms with Crippen molar-refractivity contribution in [1.82, 2.24) is 5.32 Å². The quantitative estimate of drug-likeness (QED) is 0.634. The van der Waals surface area contributed by atoms with Gasteiger partial charge in [-0.3, -0.25) is 0 Å². The molecule has 0 radical (unpaired) electrons. The van der Waals surface area contributed by atoms with Gasteiger partial charge < -0.3 is 10.1 Å². The summed E-state index contributed by atoms with van der Waals surface area (Å²) in [6.07, 6.45) is 4.75. The van der Waals surface area contributed by atoms with E-state index in [4.69, 9.17) is 4.74 Å². The van der Waals surface area contributed by atoms with Crippen LogP contribution in [-0.4, -0.2) is 19.7 Å². The second-order valence-corrected chi connectivity index (χ2v) is 6.02. The van der Waals surface area contributed by atoms with Crippen molar-refractivity contribution in [2.45, 2.75) is 58.8 Å². The SMILES string of the molecule is CCNCCCCCOc1ccc(C(C)(C)CC)cc1. The zero-order valence-electron chi connectivity index (χ0n) is 13.7. The number of nitrogens with one attached hydrogen (secondary N) is 1. The second kappa shape index (κ2) is 9.02. The average Bonchev–Trinajstić information content (AvgIpc) is 2.47. The normalized spacial score (nSPS) is 11.6. The van der Waals surface area contributed by atoms with Crippen LogP contribution in [-0.2, 0) is 5.41 Å². The molecular weight excluding hydrogens is 246 g/mol. The van der Waals surface area contributed by atoms with Gasteiger partial charge in [0.2, 0.25) is 0 Å². The summed E-state index contributed by atoms with van der Waals surface area (Å²) < 4.78 is 5.79. The standard InChI is InChI=1S/C18H31NO/c1-5-18(3,4)16-10-12-17(13-11-16)20-15-9-7-8-14-19-6-2/h10-13,19H,5-9,14-15H2,1-4H3. The first kappa shape index (κ1) is 17.0. The lowest BCUT2D eigenvalue weighted by Crippen LogP contribution is -2.15. The van der Waals surface area contributed by atoms with Crippen LogP contribution < -0.4 is 10.1 Å². The third kappa shape index (κ3) is 5.96. The molecule has 0 heterocycles. The Hall–Kier alpha value is -1.02. The summed E-state index contributed by atoms with van der Waals surface area (Å²) in [5, 5.41) is 3.34. The highest BCUT2D eigenvalue weighted by Crippen LogP contribution is 2.28. The molecule has 0 saturated heterocycles. The van der Waals surface area contributed by atoms with Gasteiger partial charge in [0.15, 0.2) is 0 Å². The van der Waals surface area contributed by atoms with E-state index < -0.39 is 0 Å².